The second kappa shape index (κ2) is 11.5. The molecule has 0 saturated heterocycles. The fraction of sp³-hybridized carbons (Fsp3) is 0.263. The predicted octanol–water partition coefficient (Wildman–Crippen LogP) is -4.85. The van der Waals surface area contributed by atoms with Crippen LogP contribution >= 0.6 is 0 Å². The second-order valence-corrected chi connectivity index (χ2v) is 9.92. The molecule has 2 atom stereocenters. The number of halogens is 3. The summed E-state index contributed by atoms with van der Waals surface area (Å²) in [5.41, 5.74) is 4.51. The van der Waals surface area contributed by atoms with Gasteiger partial charge in [0.05, 0.1) is 0 Å². The van der Waals surface area contributed by atoms with Crippen LogP contribution < -0.4 is 37.2 Å². The SMILES string of the molecule is CN(C)C[CH]([Zr+3][CH]1C=Cc2ccccc21)c1ccccc1.[Cl-].[Cl-].[Cl-]. The van der Waals surface area contributed by atoms with Crippen LogP contribution in [-0.4, -0.2) is 25.5 Å². The van der Waals surface area contributed by atoms with Crippen molar-refractivity contribution in [1.29, 1.82) is 0 Å². The number of benzene rings is 2. The Bertz CT molecular complexity index is 632. The monoisotopic (exact) mass is 458 g/mol. The van der Waals surface area contributed by atoms with Gasteiger partial charge in [-0.1, -0.05) is 0 Å². The number of nitrogens with zero attached hydrogens (tertiary/aromatic N) is 1. The third-order valence-corrected chi connectivity index (χ3v) is 8.31. The van der Waals surface area contributed by atoms with Gasteiger partial charge in [0.1, 0.15) is 0 Å². The molecule has 0 fully saturated rings. The van der Waals surface area contributed by atoms with E-state index in [9.17, 15) is 0 Å². The van der Waals surface area contributed by atoms with Gasteiger partial charge in [0, 0.05) is 0 Å². The van der Waals surface area contributed by atoms with Crippen LogP contribution in [0.1, 0.15) is 23.9 Å². The molecule has 2 aromatic carbocycles. The molecule has 0 saturated carbocycles. The van der Waals surface area contributed by atoms with Crippen LogP contribution in [0.3, 0.4) is 0 Å². The summed E-state index contributed by atoms with van der Waals surface area (Å²) in [6, 6.07) is 20.0. The van der Waals surface area contributed by atoms with Crippen molar-refractivity contribution in [3.8, 4) is 0 Å². The largest absolute Gasteiger partial charge is 1.00 e. The molecule has 1 nitrogen and oxygen atoms in total. The summed E-state index contributed by atoms with van der Waals surface area (Å²) < 4.78 is 1.46. The van der Waals surface area contributed by atoms with Gasteiger partial charge in [-0.3, -0.25) is 0 Å². The number of fused-ring (bicyclic) bond motifs is 1. The van der Waals surface area contributed by atoms with Crippen LogP contribution in [0.2, 0.25) is 0 Å². The van der Waals surface area contributed by atoms with Crippen LogP contribution in [0.5, 0.6) is 0 Å². The molecule has 127 valence electrons. The third kappa shape index (κ3) is 6.01. The Hall–Kier alpha value is -0.107. The Morgan fingerprint density at radius 3 is 2.21 bits per heavy atom. The third-order valence-electron chi connectivity index (χ3n) is 3.93. The first kappa shape index (κ1) is 23.9. The molecular weight excluding hydrogens is 440 g/mol. The van der Waals surface area contributed by atoms with Gasteiger partial charge in [-0.25, -0.2) is 0 Å². The molecule has 0 N–H and O–H groups in total. The Labute approximate surface area is 175 Å². The van der Waals surface area contributed by atoms with E-state index in [2.05, 4.69) is 85.7 Å². The van der Waals surface area contributed by atoms with Gasteiger partial charge in [0.25, 0.3) is 0 Å². The van der Waals surface area contributed by atoms with Gasteiger partial charge in [-0.2, -0.15) is 0 Å². The van der Waals surface area contributed by atoms with Crippen molar-refractivity contribution in [3.05, 3.63) is 77.4 Å². The topological polar surface area (TPSA) is 3.24 Å². The van der Waals surface area contributed by atoms with Gasteiger partial charge >= 0.3 is 139 Å². The number of hydrogen-bond acceptors (Lipinski definition) is 1. The van der Waals surface area contributed by atoms with Crippen molar-refractivity contribution < 1.29 is 60.5 Å². The normalized spacial score (nSPS) is 15.4. The molecule has 2 unspecified atom stereocenters. The van der Waals surface area contributed by atoms with Crippen LogP contribution in [-0.2, 0) is 23.2 Å². The van der Waals surface area contributed by atoms with E-state index < -0.39 is 23.2 Å². The molecular formula is C19H21Cl3NZr. The van der Waals surface area contributed by atoms with Crippen molar-refractivity contribution in [2.24, 2.45) is 0 Å². The Morgan fingerprint density at radius 1 is 0.917 bits per heavy atom. The van der Waals surface area contributed by atoms with E-state index in [1.807, 2.05) is 0 Å². The van der Waals surface area contributed by atoms with E-state index in [1.165, 1.54) is 17.7 Å². The molecule has 0 aliphatic heterocycles. The van der Waals surface area contributed by atoms with Crippen molar-refractivity contribution in [1.82, 2.24) is 4.90 Å². The standard InChI is InChI=1S/C10H14N.C9H7.3ClH.Zr/c1-11(2)9-8-10-6-4-3-5-7-10;1-2-5-9-7-3-6-8(9)4-1;;;;/h3-8H,9H2,1-2H3;1-7H;3*1H;/q;;;;;+3/p-3. The first-order chi connectivity index (χ1) is 10.2. The maximum Gasteiger partial charge on any atom is -1.00 e. The van der Waals surface area contributed by atoms with Gasteiger partial charge in [-0.05, 0) is 0 Å². The fourth-order valence-corrected chi connectivity index (χ4v) is 7.68. The van der Waals surface area contributed by atoms with E-state index in [0.29, 0.717) is 0 Å². The maximum atomic E-state index is 2.45. The van der Waals surface area contributed by atoms with Gasteiger partial charge < -0.3 is 37.2 Å². The number of likely N-dealkylation sites (N-methyl/N-ethyl adjacent to an activating group) is 1. The summed E-state index contributed by atoms with van der Waals surface area (Å²) in [7, 11) is 4.38. The summed E-state index contributed by atoms with van der Waals surface area (Å²) in [5.74, 6) is 0. The Balaban J connectivity index is 0.00000176. The van der Waals surface area contributed by atoms with Gasteiger partial charge in [0.15, 0.2) is 0 Å². The van der Waals surface area contributed by atoms with Crippen molar-refractivity contribution in [3.63, 3.8) is 0 Å². The smallest absolute Gasteiger partial charge is 1.00 e. The minimum absolute atomic E-state index is 0. The molecule has 0 heterocycles. The molecule has 3 rings (SSSR count). The van der Waals surface area contributed by atoms with E-state index in [4.69, 9.17) is 0 Å². The molecule has 24 heavy (non-hydrogen) atoms. The average Bonchev–Trinajstić information content (AvgIpc) is 2.90. The number of allylic oxidation sites excluding steroid dienone is 1. The van der Waals surface area contributed by atoms with Gasteiger partial charge in [-0.15, -0.1) is 0 Å². The average molecular weight is 461 g/mol. The molecule has 5 heteroatoms. The van der Waals surface area contributed by atoms with Crippen LogP contribution in [0.4, 0.5) is 0 Å². The predicted molar refractivity (Wildman–Crippen MR) is 86.0 cm³/mol. The summed E-state index contributed by atoms with van der Waals surface area (Å²) in [6.45, 7) is 1.17. The zero-order chi connectivity index (χ0) is 14.7. The van der Waals surface area contributed by atoms with Crippen molar-refractivity contribution in [2.75, 3.05) is 20.6 Å². The minimum atomic E-state index is -0.602. The quantitative estimate of drug-likeness (QED) is 0.433. The van der Waals surface area contributed by atoms with Crippen molar-refractivity contribution >= 4 is 6.08 Å². The zero-order valence-corrected chi connectivity index (χ0v) is 18.5. The minimum Gasteiger partial charge on any atom is -1.00 e. The van der Waals surface area contributed by atoms with E-state index >= 15 is 0 Å². The molecule has 1 aliphatic carbocycles. The summed E-state index contributed by atoms with van der Waals surface area (Å²) in [5, 5.41) is 0. The molecule has 0 bridgehead atoms. The first-order valence-electron chi connectivity index (χ1n) is 7.47. The second-order valence-electron chi connectivity index (χ2n) is 5.86. The molecule has 0 radical (unpaired) electrons. The van der Waals surface area contributed by atoms with E-state index in [0.717, 1.165) is 7.25 Å². The Kier molecular flexibility index (Phi) is 11.4. The van der Waals surface area contributed by atoms with Crippen LogP contribution in [0.25, 0.3) is 6.08 Å². The Morgan fingerprint density at radius 2 is 1.54 bits per heavy atom. The summed E-state index contributed by atoms with van der Waals surface area (Å²) >= 11 is -0.602. The number of hydrogen-bond donors (Lipinski definition) is 0. The summed E-state index contributed by atoms with van der Waals surface area (Å²) in [4.78, 5) is 2.34. The molecule has 0 spiro atoms. The van der Waals surface area contributed by atoms with E-state index in [-0.39, 0.29) is 37.2 Å². The zero-order valence-electron chi connectivity index (χ0n) is 13.8. The molecule has 1 aliphatic rings. The summed E-state index contributed by atoms with van der Waals surface area (Å²) in [6.07, 6.45) is 4.76. The van der Waals surface area contributed by atoms with E-state index in [1.54, 1.807) is 5.56 Å². The van der Waals surface area contributed by atoms with Crippen molar-refractivity contribution in [2.45, 2.75) is 7.25 Å². The number of rotatable bonds is 5. The molecule has 0 aromatic heterocycles. The fourth-order valence-electron chi connectivity index (χ4n) is 2.92. The first-order valence-corrected chi connectivity index (χ1v) is 10.3. The van der Waals surface area contributed by atoms with Crippen LogP contribution in [0, 0.1) is 0 Å². The molecule has 2 aromatic rings. The molecule has 0 amide bonds. The van der Waals surface area contributed by atoms with Crippen LogP contribution in [0.15, 0.2) is 60.7 Å². The van der Waals surface area contributed by atoms with Gasteiger partial charge in [0.2, 0.25) is 0 Å². The maximum absolute atomic E-state index is 2.45.